The molecule has 0 N–H and O–H groups in total. The van der Waals surface area contributed by atoms with Crippen LogP contribution in [0.3, 0.4) is 0 Å². The van der Waals surface area contributed by atoms with Gasteiger partial charge in [0.25, 0.3) is 11.8 Å². The second-order valence-electron chi connectivity index (χ2n) is 4.55. The monoisotopic (exact) mass is 243 g/mol. The normalized spacial score (nSPS) is 21.1. The number of ether oxygens (including phenoxy) is 1. The third kappa shape index (κ3) is 1.75. The van der Waals surface area contributed by atoms with Gasteiger partial charge in [0.1, 0.15) is 0 Å². The van der Waals surface area contributed by atoms with E-state index < -0.39 is 0 Å². The molecule has 0 aromatic heterocycles. The van der Waals surface area contributed by atoms with Gasteiger partial charge >= 0.3 is 0 Å². The van der Waals surface area contributed by atoms with E-state index in [1.807, 2.05) is 0 Å². The van der Waals surface area contributed by atoms with Gasteiger partial charge < -0.3 is 4.74 Å². The minimum atomic E-state index is -0.266. The number of allylic oxidation sites excluding steroid dienone is 1. The molecule has 0 spiro atoms. The summed E-state index contributed by atoms with van der Waals surface area (Å²) in [5.41, 5.74) is 1.48. The number of carbonyl (C=O) groups is 2. The molecule has 1 fully saturated rings. The van der Waals surface area contributed by atoms with Crippen molar-refractivity contribution in [1.82, 2.24) is 4.90 Å². The second kappa shape index (κ2) is 4.07. The van der Waals surface area contributed by atoms with E-state index in [2.05, 4.69) is 6.58 Å². The first-order chi connectivity index (χ1) is 8.68. The molecule has 0 radical (unpaired) electrons. The molecule has 92 valence electrons. The fourth-order valence-corrected chi connectivity index (χ4v) is 2.15. The van der Waals surface area contributed by atoms with Crippen LogP contribution in [0.1, 0.15) is 33.6 Å². The van der Waals surface area contributed by atoms with Crippen molar-refractivity contribution in [3.8, 4) is 0 Å². The lowest BCUT2D eigenvalue weighted by molar-refractivity contribution is 0.0699. The maximum atomic E-state index is 12.1. The second-order valence-corrected chi connectivity index (χ2v) is 4.55. The molecule has 1 unspecified atom stereocenters. The number of amides is 2. The lowest BCUT2D eigenvalue weighted by atomic mass is 10.1. The third-order valence-electron chi connectivity index (χ3n) is 3.27. The third-order valence-corrected chi connectivity index (χ3v) is 3.27. The highest BCUT2D eigenvalue weighted by Crippen LogP contribution is 2.28. The largest absolute Gasteiger partial charge is 0.373 e. The van der Waals surface area contributed by atoms with Crippen LogP contribution in [0, 0.1) is 0 Å². The summed E-state index contributed by atoms with van der Waals surface area (Å²) >= 11 is 0. The van der Waals surface area contributed by atoms with E-state index in [0.29, 0.717) is 23.2 Å². The summed E-state index contributed by atoms with van der Waals surface area (Å²) in [6.07, 6.45) is 1.69. The minimum Gasteiger partial charge on any atom is -0.373 e. The highest BCUT2D eigenvalue weighted by atomic mass is 16.6. The van der Waals surface area contributed by atoms with Crippen molar-refractivity contribution >= 4 is 11.8 Å². The number of rotatable bonds is 4. The van der Waals surface area contributed by atoms with E-state index >= 15 is 0 Å². The number of epoxide rings is 1. The summed E-state index contributed by atoms with van der Waals surface area (Å²) in [5, 5.41) is 0. The topological polar surface area (TPSA) is 49.9 Å². The Hall–Kier alpha value is -1.94. The first kappa shape index (κ1) is 11.2. The standard InChI is InChI=1S/C14H13NO3/c1-9(6-7-10-8-18-10)15-13(16)11-4-2-3-5-12(11)14(15)17/h2-5,10H,1,6-8H2. The summed E-state index contributed by atoms with van der Waals surface area (Å²) in [5.74, 6) is -0.533. The summed E-state index contributed by atoms with van der Waals surface area (Å²) in [7, 11) is 0. The Balaban J connectivity index is 1.80. The number of carbonyl (C=O) groups excluding carboxylic acids is 2. The van der Waals surface area contributed by atoms with E-state index in [1.165, 1.54) is 4.90 Å². The summed E-state index contributed by atoms with van der Waals surface area (Å²) in [6, 6.07) is 6.86. The molecule has 2 aliphatic heterocycles. The van der Waals surface area contributed by atoms with Crippen molar-refractivity contribution < 1.29 is 14.3 Å². The van der Waals surface area contributed by atoms with Crippen molar-refractivity contribution in [2.24, 2.45) is 0 Å². The molecule has 0 bridgehead atoms. The van der Waals surface area contributed by atoms with Crippen LogP contribution in [0.5, 0.6) is 0 Å². The van der Waals surface area contributed by atoms with Crippen molar-refractivity contribution in [2.75, 3.05) is 6.61 Å². The summed E-state index contributed by atoms with van der Waals surface area (Å²) in [4.78, 5) is 25.4. The van der Waals surface area contributed by atoms with Crippen LogP contribution in [-0.2, 0) is 4.74 Å². The van der Waals surface area contributed by atoms with Crippen molar-refractivity contribution in [3.63, 3.8) is 0 Å². The van der Waals surface area contributed by atoms with Crippen LogP contribution >= 0.6 is 0 Å². The Kier molecular flexibility index (Phi) is 2.52. The van der Waals surface area contributed by atoms with Gasteiger partial charge in [0.05, 0.1) is 23.8 Å². The molecule has 0 saturated carbocycles. The van der Waals surface area contributed by atoms with E-state index in [-0.39, 0.29) is 17.9 Å². The summed E-state index contributed by atoms with van der Waals surface area (Å²) < 4.78 is 5.11. The molecule has 1 aromatic carbocycles. The quantitative estimate of drug-likeness (QED) is 0.600. The zero-order chi connectivity index (χ0) is 12.7. The molecular weight excluding hydrogens is 230 g/mol. The zero-order valence-corrected chi connectivity index (χ0v) is 9.89. The van der Waals surface area contributed by atoms with Gasteiger partial charge in [-0.15, -0.1) is 0 Å². The van der Waals surface area contributed by atoms with Gasteiger partial charge in [-0.2, -0.15) is 0 Å². The Bertz CT molecular complexity index is 511. The Morgan fingerprint density at radius 1 is 1.28 bits per heavy atom. The molecule has 3 rings (SSSR count). The molecule has 4 nitrogen and oxygen atoms in total. The van der Waals surface area contributed by atoms with Gasteiger partial charge in [-0.3, -0.25) is 9.59 Å². The van der Waals surface area contributed by atoms with Gasteiger partial charge in [-0.1, -0.05) is 18.7 Å². The molecule has 0 aliphatic carbocycles. The fourth-order valence-electron chi connectivity index (χ4n) is 2.15. The average molecular weight is 243 g/mol. The van der Waals surface area contributed by atoms with E-state index in [4.69, 9.17) is 4.74 Å². The Labute approximate surface area is 105 Å². The smallest absolute Gasteiger partial charge is 0.265 e. The number of nitrogens with zero attached hydrogens (tertiary/aromatic N) is 1. The first-order valence-electron chi connectivity index (χ1n) is 5.95. The van der Waals surface area contributed by atoms with Crippen LogP contribution in [0.4, 0.5) is 0 Å². The van der Waals surface area contributed by atoms with Gasteiger partial charge in [0.2, 0.25) is 0 Å². The molecule has 2 heterocycles. The van der Waals surface area contributed by atoms with Gasteiger partial charge in [0, 0.05) is 5.70 Å². The van der Waals surface area contributed by atoms with E-state index in [0.717, 1.165) is 13.0 Å². The Morgan fingerprint density at radius 2 is 1.83 bits per heavy atom. The van der Waals surface area contributed by atoms with E-state index in [9.17, 15) is 9.59 Å². The average Bonchev–Trinajstić information content (AvgIpc) is 3.16. The molecule has 2 amide bonds. The van der Waals surface area contributed by atoms with Crippen molar-refractivity contribution in [1.29, 1.82) is 0 Å². The molecule has 1 aromatic rings. The molecule has 18 heavy (non-hydrogen) atoms. The lowest BCUT2D eigenvalue weighted by Gasteiger charge is -2.16. The number of hydrogen-bond acceptors (Lipinski definition) is 3. The SMILES string of the molecule is C=C(CCC1CO1)N1C(=O)c2ccccc2C1=O. The number of fused-ring (bicyclic) bond motifs is 1. The van der Waals surface area contributed by atoms with Gasteiger partial charge in [-0.25, -0.2) is 4.90 Å². The van der Waals surface area contributed by atoms with Crippen molar-refractivity contribution in [2.45, 2.75) is 18.9 Å². The van der Waals surface area contributed by atoms with Crippen LogP contribution in [0.2, 0.25) is 0 Å². The highest BCUT2D eigenvalue weighted by molar-refractivity contribution is 6.22. The predicted molar refractivity (Wildman–Crippen MR) is 65.1 cm³/mol. The predicted octanol–water partition coefficient (Wildman–Crippen LogP) is 1.98. The van der Waals surface area contributed by atoms with Gasteiger partial charge in [0.15, 0.2) is 0 Å². The molecule has 1 saturated heterocycles. The number of benzene rings is 1. The van der Waals surface area contributed by atoms with Crippen LogP contribution in [-0.4, -0.2) is 29.4 Å². The number of hydrogen-bond donors (Lipinski definition) is 0. The van der Waals surface area contributed by atoms with Crippen LogP contribution in [0.25, 0.3) is 0 Å². The fraction of sp³-hybridized carbons (Fsp3) is 0.286. The van der Waals surface area contributed by atoms with Crippen molar-refractivity contribution in [3.05, 3.63) is 47.7 Å². The Morgan fingerprint density at radius 3 is 2.33 bits per heavy atom. The maximum absolute atomic E-state index is 12.1. The maximum Gasteiger partial charge on any atom is 0.265 e. The first-order valence-corrected chi connectivity index (χ1v) is 5.95. The van der Waals surface area contributed by atoms with Gasteiger partial charge in [-0.05, 0) is 25.0 Å². The minimum absolute atomic E-state index is 0.266. The summed E-state index contributed by atoms with van der Waals surface area (Å²) in [6.45, 7) is 4.62. The van der Waals surface area contributed by atoms with Crippen LogP contribution < -0.4 is 0 Å². The molecule has 2 aliphatic rings. The molecular formula is C14H13NO3. The lowest BCUT2D eigenvalue weighted by Crippen LogP contribution is -2.28. The highest BCUT2D eigenvalue weighted by Gasteiger charge is 2.37. The van der Waals surface area contributed by atoms with Crippen LogP contribution in [0.15, 0.2) is 36.5 Å². The number of imide groups is 1. The van der Waals surface area contributed by atoms with E-state index in [1.54, 1.807) is 24.3 Å². The molecule has 1 atom stereocenters. The zero-order valence-electron chi connectivity index (χ0n) is 9.89. The molecule has 4 heteroatoms.